The second-order valence-corrected chi connectivity index (χ2v) is 8.20. The molecule has 144 valence electrons. The van der Waals surface area contributed by atoms with Gasteiger partial charge in [0.2, 0.25) is 11.8 Å². The van der Waals surface area contributed by atoms with Crippen LogP contribution in [-0.2, 0) is 9.59 Å². The van der Waals surface area contributed by atoms with Crippen LogP contribution in [0.25, 0.3) is 0 Å². The summed E-state index contributed by atoms with van der Waals surface area (Å²) >= 11 is 0. The van der Waals surface area contributed by atoms with Crippen molar-refractivity contribution in [2.75, 3.05) is 13.1 Å². The highest BCUT2D eigenvalue weighted by atomic mass is 16.2. The third-order valence-corrected chi connectivity index (χ3v) is 6.31. The van der Waals surface area contributed by atoms with Crippen LogP contribution in [0, 0.1) is 5.41 Å². The number of nitrogens with zero attached hydrogens (tertiary/aromatic N) is 1. The van der Waals surface area contributed by atoms with Gasteiger partial charge in [-0.3, -0.25) is 14.4 Å². The van der Waals surface area contributed by atoms with Crippen molar-refractivity contribution in [2.24, 2.45) is 5.41 Å². The van der Waals surface area contributed by atoms with Crippen molar-refractivity contribution < 1.29 is 14.4 Å². The first-order chi connectivity index (χ1) is 13.1. The first-order valence-corrected chi connectivity index (χ1v) is 10.0. The predicted molar refractivity (Wildman–Crippen MR) is 101 cm³/mol. The van der Waals surface area contributed by atoms with E-state index in [1.165, 1.54) is 6.42 Å². The van der Waals surface area contributed by atoms with Gasteiger partial charge >= 0.3 is 0 Å². The fourth-order valence-electron chi connectivity index (χ4n) is 4.71. The molecule has 1 aromatic carbocycles. The van der Waals surface area contributed by atoms with Crippen molar-refractivity contribution in [1.29, 1.82) is 0 Å². The van der Waals surface area contributed by atoms with Crippen LogP contribution in [0.1, 0.15) is 55.3 Å². The highest BCUT2D eigenvalue weighted by molar-refractivity contribution is 5.97. The van der Waals surface area contributed by atoms with Gasteiger partial charge in [-0.25, -0.2) is 0 Å². The fourth-order valence-corrected chi connectivity index (χ4v) is 4.71. The Kier molecular flexibility index (Phi) is 4.89. The zero-order valence-corrected chi connectivity index (χ0v) is 15.6. The van der Waals surface area contributed by atoms with Gasteiger partial charge in [0.1, 0.15) is 6.04 Å². The highest BCUT2D eigenvalue weighted by Crippen LogP contribution is 2.40. The number of carbonyl (C=O) groups excluding carboxylic acids is 3. The summed E-state index contributed by atoms with van der Waals surface area (Å²) in [6.07, 6.45) is 6.69. The summed E-state index contributed by atoms with van der Waals surface area (Å²) in [5.74, 6) is -0.204. The lowest BCUT2D eigenvalue weighted by Gasteiger charge is -2.24. The van der Waals surface area contributed by atoms with E-state index in [1.807, 2.05) is 18.2 Å². The monoisotopic (exact) mass is 369 g/mol. The van der Waals surface area contributed by atoms with Crippen molar-refractivity contribution in [2.45, 2.75) is 57.0 Å². The van der Waals surface area contributed by atoms with E-state index in [0.29, 0.717) is 31.5 Å². The van der Waals surface area contributed by atoms with Crippen LogP contribution in [0.5, 0.6) is 0 Å². The smallest absolute Gasteiger partial charge is 0.253 e. The minimum absolute atomic E-state index is 0.0459. The normalized spacial score (nSPS) is 28.4. The van der Waals surface area contributed by atoms with Crippen LogP contribution in [-0.4, -0.2) is 47.8 Å². The Morgan fingerprint density at radius 3 is 2.59 bits per heavy atom. The molecule has 3 fully saturated rings. The summed E-state index contributed by atoms with van der Waals surface area (Å²) in [5.41, 5.74) is 0.0125. The summed E-state index contributed by atoms with van der Waals surface area (Å²) < 4.78 is 0. The van der Waals surface area contributed by atoms with Gasteiger partial charge in [-0.15, -0.1) is 0 Å². The first kappa shape index (κ1) is 18.0. The van der Waals surface area contributed by atoms with Crippen LogP contribution in [0.3, 0.4) is 0 Å². The second-order valence-electron chi connectivity index (χ2n) is 8.20. The van der Waals surface area contributed by atoms with Gasteiger partial charge < -0.3 is 15.5 Å². The molecule has 1 aliphatic carbocycles. The van der Waals surface area contributed by atoms with Gasteiger partial charge in [-0.1, -0.05) is 37.5 Å². The Balaban J connectivity index is 1.38. The molecule has 2 N–H and O–H groups in total. The molecule has 1 aromatic rings. The van der Waals surface area contributed by atoms with E-state index in [0.717, 1.165) is 25.7 Å². The molecule has 2 heterocycles. The number of likely N-dealkylation sites (tertiary alicyclic amines) is 1. The third kappa shape index (κ3) is 3.57. The van der Waals surface area contributed by atoms with E-state index in [1.54, 1.807) is 17.0 Å². The number of rotatable bonds is 3. The molecule has 6 heteroatoms. The van der Waals surface area contributed by atoms with Crippen LogP contribution in [0.15, 0.2) is 30.3 Å². The van der Waals surface area contributed by atoms with E-state index in [-0.39, 0.29) is 23.8 Å². The van der Waals surface area contributed by atoms with Crippen molar-refractivity contribution in [3.05, 3.63) is 35.9 Å². The second kappa shape index (κ2) is 7.33. The lowest BCUT2D eigenvalue weighted by Crippen LogP contribution is -2.46. The van der Waals surface area contributed by atoms with Gasteiger partial charge in [0.05, 0.1) is 5.41 Å². The summed E-state index contributed by atoms with van der Waals surface area (Å²) in [5, 5.41) is 6.00. The van der Waals surface area contributed by atoms with Gasteiger partial charge in [0, 0.05) is 24.7 Å². The molecule has 27 heavy (non-hydrogen) atoms. The van der Waals surface area contributed by atoms with Crippen molar-refractivity contribution in [1.82, 2.24) is 15.5 Å². The Hall–Kier alpha value is -2.37. The average molecular weight is 369 g/mol. The number of amides is 3. The van der Waals surface area contributed by atoms with Gasteiger partial charge in [0.25, 0.3) is 5.91 Å². The van der Waals surface area contributed by atoms with E-state index in [4.69, 9.17) is 0 Å². The summed E-state index contributed by atoms with van der Waals surface area (Å²) in [6, 6.07) is 8.90. The average Bonchev–Trinajstić information content (AvgIpc) is 3.27. The Morgan fingerprint density at radius 1 is 1.11 bits per heavy atom. The Labute approximate surface area is 159 Å². The first-order valence-electron chi connectivity index (χ1n) is 10.0. The van der Waals surface area contributed by atoms with Crippen LogP contribution in [0.2, 0.25) is 0 Å². The summed E-state index contributed by atoms with van der Waals surface area (Å²) in [4.78, 5) is 39.7. The van der Waals surface area contributed by atoms with Crippen LogP contribution >= 0.6 is 0 Å². The molecular weight excluding hydrogens is 342 g/mol. The van der Waals surface area contributed by atoms with E-state index >= 15 is 0 Å². The maximum Gasteiger partial charge on any atom is 0.253 e. The molecule has 3 aliphatic rings. The number of carbonyl (C=O) groups is 3. The Morgan fingerprint density at radius 2 is 1.85 bits per heavy atom. The zero-order chi connectivity index (χ0) is 18.9. The van der Waals surface area contributed by atoms with Crippen LogP contribution in [0.4, 0.5) is 0 Å². The molecule has 0 unspecified atom stereocenters. The third-order valence-electron chi connectivity index (χ3n) is 6.31. The van der Waals surface area contributed by atoms with Crippen molar-refractivity contribution in [3.63, 3.8) is 0 Å². The molecule has 0 radical (unpaired) electrons. The molecule has 0 bridgehead atoms. The van der Waals surface area contributed by atoms with Crippen LogP contribution < -0.4 is 10.6 Å². The molecular formula is C21H27N3O3. The maximum atomic E-state index is 12.7. The summed E-state index contributed by atoms with van der Waals surface area (Å²) in [7, 11) is 0. The molecule has 3 amide bonds. The SMILES string of the molecule is O=C(NC1CCCCC1)[C@@H]1C[C@@]2(CCN(C(=O)c3ccccc3)C2)C(=O)N1. The molecule has 4 rings (SSSR count). The number of hydrogen-bond acceptors (Lipinski definition) is 3. The molecule has 1 saturated carbocycles. The van der Waals surface area contributed by atoms with E-state index in [2.05, 4.69) is 10.6 Å². The number of hydrogen-bond donors (Lipinski definition) is 2. The molecule has 1 spiro atoms. The van der Waals surface area contributed by atoms with Crippen molar-refractivity contribution in [3.8, 4) is 0 Å². The lowest BCUT2D eigenvalue weighted by molar-refractivity contribution is -0.128. The van der Waals surface area contributed by atoms with Gasteiger partial charge in [-0.2, -0.15) is 0 Å². The molecule has 2 atom stereocenters. The zero-order valence-electron chi connectivity index (χ0n) is 15.6. The topological polar surface area (TPSA) is 78.5 Å². The van der Waals surface area contributed by atoms with E-state index in [9.17, 15) is 14.4 Å². The van der Waals surface area contributed by atoms with Gasteiger partial charge in [-0.05, 0) is 37.8 Å². The summed E-state index contributed by atoms with van der Waals surface area (Å²) in [6.45, 7) is 0.942. The standard InChI is InChI=1S/C21H27N3O3/c25-18(22-16-9-5-2-6-10-16)17-13-21(20(27)23-17)11-12-24(14-21)19(26)15-7-3-1-4-8-15/h1,3-4,7-8,16-17H,2,5-6,9-14H2,(H,22,25)(H,23,27)/t17-,21+/m0/s1. The fraction of sp³-hybridized carbons (Fsp3) is 0.571. The quantitative estimate of drug-likeness (QED) is 0.854. The predicted octanol–water partition coefficient (Wildman–Crippen LogP) is 1.86. The molecule has 2 aliphatic heterocycles. The van der Waals surface area contributed by atoms with Gasteiger partial charge in [0.15, 0.2) is 0 Å². The van der Waals surface area contributed by atoms with Crippen molar-refractivity contribution >= 4 is 17.7 Å². The largest absolute Gasteiger partial charge is 0.352 e. The molecule has 2 saturated heterocycles. The molecule has 0 aromatic heterocycles. The number of benzene rings is 1. The lowest BCUT2D eigenvalue weighted by atomic mass is 9.83. The van der Waals surface area contributed by atoms with E-state index < -0.39 is 11.5 Å². The number of nitrogens with one attached hydrogen (secondary N) is 2. The highest BCUT2D eigenvalue weighted by Gasteiger charge is 2.53. The molecule has 6 nitrogen and oxygen atoms in total. The Bertz CT molecular complexity index is 729. The minimum Gasteiger partial charge on any atom is -0.352 e. The minimum atomic E-state index is -0.626. The maximum absolute atomic E-state index is 12.7.